The fourth-order valence-corrected chi connectivity index (χ4v) is 3.47. The fourth-order valence-electron chi connectivity index (χ4n) is 2.68. The SMILES string of the molecule is Cc1ccc(C(=O)O)c(Br)c1C(=O)O.O=C1CCCc2ccccc21. The van der Waals surface area contributed by atoms with Gasteiger partial charge in [0.25, 0.3) is 0 Å². The van der Waals surface area contributed by atoms with Crippen LogP contribution in [0.5, 0.6) is 0 Å². The number of hydrogen-bond acceptors (Lipinski definition) is 3. The molecule has 0 spiro atoms. The molecule has 0 atom stereocenters. The van der Waals surface area contributed by atoms with Crippen LogP contribution in [-0.2, 0) is 6.42 Å². The first-order valence-electron chi connectivity index (χ1n) is 7.69. The number of carbonyl (C=O) groups excluding carboxylic acids is 1. The molecule has 0 saturated carbocycles. The number of ketones is 1. The number of carboxylic acid groups (broad SMARTS) is 2. The van der Waals surface area contributed by atoms with Crippen LogP contribution in [0.15, 0.2) is 40.9 Å². The number of aromatic carboxylic acids is 2. The molecule has 0 aliphatic heterocycles. The van der Waals surface area contributed by atoms with Gasteiger partial charge >= 0.3 is 11.9 Å². The van der Waals surface area contributed by atoms with Crippen LogP contribution < -0.4 is 0 Å². The topological polar surface area (TPSA) is 91.7 Å². The van der Waals surface area contributed by atoms with E-state index < -0.39 is 11.9 Å². The molecule has 0 heterocycles. The Morgan fingerprint density at radius 2 is 1.68 bits per heavy atom. The molecule has 25 heavy (non-hydrogen) atoms. The number of fused-ring (bicyclic) bond motifs is 1. The van der Waals surface area contributed by atoms with Crippen LogP contribution in [0.4, 0.5) is 0 Å². The number of halogens is 1. The van der Waals surface area contributed by atoms with E-state index in [4.69, 9.17) is 10.2 Å². The molecule has 5 nitrogen and oxygen atoms in total. The monoisotopic (exact) mass is 404 g/mol. The van der Waals surface area contributed by atoms with Crippen LogP contribution in [0.25, 0.3) is 0 Å². The highest BCUT2D eigenvalue weighted by Gasteiger charge is 2.18. The Morgan fingerprint density at radius 3 is 2.28 bits per heavy atom. The van der Waals surface area contributed by atoms with Crippen molar-refractivity contribution < 1.29 is 24.6 Å². The maximum Gasteiger partial charge on any atom is 0.337 e. The maximum absolute atomic E-state index is 11.3. The Balaban J connectivity index is 0.000000185. The molecule has 1 aliphatic carbocycles. The van der Waals surface area contributed by atoms with Gasteiger partial charge < -0.3 is 10.2 Å². The minimum atomic E-state index is -1.15. The van der Waals surface area contributed by atoms with Crippen molar-refractivity contribution in [2.24, 2.45) is 0 Å². The van der Waals surface area contributed by atoms with Crippen molar-refractivity contribution in [3.8, 4) is 0 Å². The summed E-state index contributed by atoms with van der Waals surface area (Å²) >= 11 is 2.97. The number of aryl methyl sites for hydroxylation is 2. The molecule has 2 aromatic carbocycles. The number of benzene rings is 2. The smallest absolute Gasteiger partial charge is 0.337 e. The van der Waals surface area contributed by atoms with Gasteiger partial charge in [-0.2, -0.15) is 0 Å². The first-order valence-corrected chi connectivity index (χ1v) is 8.49. The summed E-state index contributed by atoms with van der Waals surface area (Å²) in [4.78, 5) is 32.8. The molecule has 0 aromatic heterocycles. The second-order valence-electron chi connectivity index (χ2n) is 5.66. The maximum atomic E-state index is 11.3. The summed E-state index contributed by atoms with van der Waals surface area (Å²) in [6.07, 6.45) is 2.83. The van der Waals surface area contributed by atoms with Crippen LogP contribution in [0.3, 0.4) is 0 Å². The van der Waals surface area contributed by atoms with Gasteiger partial charge in [-0.15, -0.1) is 0 Å². The molecule has 0 radical (unpaired) electrons. The van der Waals surface area contributed by atoms with Crippen LogP contribution in [-0.4, -0.2) is 27.9 Å². The molecule has 130 valence electrons. The van der Waals surface area contributed by atoms with E-state index in [0.29, 0.717) is 11.3 Å². The summed E-state index contributed by atoms with van der Waals surface area (Å²) < 4.78 is 0.109. The zero-order valence-corrected chi connectivity index (χ0v) is 15.2. The zero-order valence-electron chi connectivity index (χ0n) is 13.6. The molecule has 3 rings (SSSR count). The number of carboxylic acids is 2. The van der Waals surface area contributed by atoms with Gasteiger partial charge in [0.1, 0.15) is 0 Å². The lowest BCUT2D eigenvalue weighted by Gasteiger charge is -2.12. The number of rotatable bonds is 2. The molecule has 0 unspecified atom stereocenters. The quantitative estimate of drug-likeness (QED) is 0.775. The van der Waals surface area contributed by atoms with E-state index in [0.717, 1.165) is 24.8 Å². The molecule has 2 N–H and O–H groups in total. The summed E-state index contributed by atoms with van der Waals surface area (Å²) in [7, 11) is 0. The van der Waals surface area contributed by atoms with Gasteiger partial charge in [-0.1, -0.05) is 30.3 Å². The molecule has 0 saturated heterocycles. The van der Waals surface area contributed by atoms with Gasteiger partial charge in [0, 0.05) is 16.5 Å². The van der Waals surface area contributed by atoms with Crippen LogP contribution in [0, 0.1) is 6.92 Å². The van der Waals surface area contributed by atoms with Crippen molar-refractivity contribution in [3.05, 3.63) is 68.7 Å². The standard InChI is InChI=1S/C10H10O.C9H7BrO4/c11-10-7-3-5-8-4-1-2-6-9(8)10;1-4-2-3-5(8(11)12)7(10)6(4)9(13)14/h1-2,4,6H,3,5,7H2;2-3H,1H3,(H,11,12)(H,13,14). The van der Waals surface area contributed by atoms with Crippen LogP contribution in [0.1, 0.15) is 55.0 Å². The number of hydrogen-bond donors (Lipinski definition) is 2. The van der Waals surface area contributed by atoms with Gasteiger partial charge in [0.15, 0.2) is 5.78 Å². The van der Waals surface area contributed by atoms with Crippen molar-refractivity contribution in [1.29, 1.82) is 0 Å². The average Bonchev–Trinajstić information content (AvgIpc) is 2.55. The Hall–Kier alpha value is -2.47. The summed E-state index contributed by atoms with van der Waals surface area (Å²) in [5, 5.41) is 17.6. The van der Waals surface area contributed by atoms with Crippen molar-refractivity contribution in [2.45, 2.75) is 26.2 Å². The lowest BCUT2D eigenvalue weighted by molar-refractivity contribution is 0.0694. The molecule has 0 bridgehead atoms. The van der Waals surface area contributed by atoms with E-state index in [1.165, 1.54) is 17.7 Å². The lowest BCUT2D eigenvalue weighted by Crippen LogP contribution is -2.09. The Morgan fingerprint density at radius 1 is 1.00 bits per heavy atom. The zero-order chi connectivity index (χ0) is 18.6. The molecular weight excluding hydrogens is 388 g/mol. The van der Waals surface area contributed by atoms with Crippen molar-refractivity contribution >= 4 is 33.7 Å². The van der Waals surface area contributed by atoms with Gasteiger partial charge in [-0.05, 0) is 52.9 Å². The number of Topliss-reactive ketones (excluding diaryl/α,β-unsaturated/α-hetero) is 1. The van der Waals surface area contributed by atoms with Crippen molar-refractivity contribution in [2.75, 3.05) is 0 Å². The first-order chi connectivity index (χ1) is 11.8. The molecule has 0 amide bonds. The number of carbonyl (C=O) groups is 3. The third-order valence-corrected chi connectivity index (χ3v) is 4.79. The third-order valence-electron chi connectivity index (χ3n) is 3.96. The largest absolute Gasteiger partial charge is 0.478 e. The highest BCUT2D eigenvalue weighted by molar-refractivity contribution is 9.10. The minimum Gasteiger partial charge on any atom is -0.478 e. The van der Waals surface area contributed by atoms with Crippen molar-refractivity contribution in [3.63, 3.8) is 0 Å². The Bertz CT molecular complexity index is 842. The highest BCUT2D eigenvalue weighted by atomic mass is 79.9. The molecular formula is C19H17BrO5. The fraction of sp³-hybridized carbons (Fsp3) is 0.211. The van der Waals surface area contributed by atoms with Crippen LogP contribution in [0.2, 0.25) is 0 Å². The Kier molecular flexibility index (Phi) is 6.09. The summed E-state index contributed by atoms with van der Waals surface area (Å²) in [6.45, 7) is 1.61. The molecule has 6 heteroatoms. The van der Waals surface area contributed by atoms with E-state index >= 15 is 0 Å². The summed E-state index contributed by atoms with van der Waals surface area (Å²) in [6, 6.07) is 10.7. The van der Waals surface area contributed by atoms with Gasteiger partial charge in [-0.3, -0.25) is 4.79 Å². The summed E-state index contributed by atoms with van der Waals surface area (Å²) in [5.41, 5.74) is 2.63. The summed E-state index contributed by atoms with van der Waals surface area (Å²) in [5.74, 6) is -1.98. The average molecular weight is 405 g/mol. The third kappa shape index (κ3) is 4.33. The van der Waals surface area contributed by atoms with E-state index in [1.54, 1.807) is 6.92 Å². The minimum absolute atomic E-state index is 0.00935. The second kappa shape index (κ2) is 8.07. The van der Waals surface area contributed by atoms with E-state index in [2.05, 4.69) is 15.9 Å². The molecule has 2 aromatic rings. The van der Waals surface area contributed by atoms with Gasteiger partial charge in [0.2, 0.25) is 0 Å². The Labute approximate surface area is 153 Å². The highest BCUT2D eigenvalue weighted by Crippen LogP contribution is 2.25. The van der Waals surface area contributed by atoms with Crippen molar-refractivity contribution in [1.82, 2.24) is 0 Å². The predicted molar refractivity (Wildman–Crippen MR) is 96.5 cm³/mol. The normalized spacial score (nSPS) is 12.6. The van der Waals surface area contributed by atoms with Gasteiger partial charge in [-0.25, -0.2) is 9.59 Å². The predicted octanol–water partition coefficient (Wildman–Crippen LogP) is 4.36. The second-order valence-corrected chi connectivity index (χ2v) is 6.46. The van der Waals surface area contributed by atoms with E-state index in [9.17, 15) is 14.4 Å². The lowest BCUT2D eigenvalue weighted by atomic mass is 9.91. The van der Waals surface area contributed by atoms with E-state index in [1.807, 2.05) is 24.3 Å². The van der Waals surface area contributed by atoms with Gasteiger partial charge in [0.05, 0.1) is 11.1 Å². The first kappa shape index (κ1) is 18.9. The van der Waals surface area contributed by atoms with E-state index in [-0.39, 0.29) is 15.6 Å². The molecule has 0 fully saturated rings. The molecule has 1 aliphatic rings. The van der Waals surface area contributed by atoms with Crippen LogP contribution >= 0.6 is 15.9 Å².